The number of aliphatic hydroxyl groups excluding tert-OH is 2. The van der Waals surface area contributed by atoms with Crippen LogP contribution in [-0.2, 0) is 4.79 Å². The van der Waals surface area contributed by atoms with Crippen LogP contribution in [0, 0.1) is 12.7 Å². The zero-order valence-electron chi connectivity index (χ0n) is 9.35. The maximum atomic E-state index is 13.5. The first kappa shape index (κ1) is 13.4. The Balaban J connectivity index is 2.99. The third-order valence-corrected chi connectivity index (χ3v) is 2.48. The Morgan fingerprint density at radius 2 is 2.06 bits per heavy atom. The number of aliphatic hydroxyl groups is 2. The highest BCUT2D eigenvalue weighted by Gasteiger charge is 2.23. The van der Waals surface area contributed by atoms with E-state index in [0.717, 1.165) is 6.07 Å². The molecule has 1 aromatic carbocycles. The third kappa shape index (κ3) is 3.15. The number of aryl methyl sites for hydroxylation is 1. The minimum Gasteiger partial charge on any atom is -0.398 e. The van der Waals surface area contributed by atoms with E-state index in [1.165, 1.54) is 6.07 Å². The summed E-state index contributed by atoms with van der Waals surface area (Å²) in [6.45, 7) is 1.64. The van der Waals surface area contributed by atoms with Gasteiger partial charge in [-0.3, -0.25) is 4.79 Å². The van der Waals surface area contributed by atoms with Crippen LogP contribution in [0.5, 0.6) is 0 Å². The normalized spacial score (nSPS) is 14.4. The van der Waals surface area contributed by atoms with E-state index in [9.17, 15) is 19.4 Å². The molecule has 0 radical (unpaired) electrons. The summed E-state index contributed by atoms with van der Waals surface area (Å²) in [7, 11) is 0. The van der Waals surface area contributed by atoms with Crippen molar-refractivity contribution in [2.45, 2.75) is 25.6 Å². The number of benzene rings is 1. The highest BCUT2D eigenvalue weighted by molar-refractivity contribution is 5.74. The summed E-state index contributed by atoms with van der Waals surface area (Å²) in [6, 6.07) is 2.39. The van der Waals surface area contributed by atoms with Gasteiger partial charge in [0.25, 0.3) is 0 Å². The molecule has 0 bridgehead atoms. The van der Waals surface area contributed by atoms with Crippen molar-refractivity contribution in [2.75, 3.05) is 5.73 Å². The van der Waals surface area contributed by atoms with Gasteiger partial charge in [0.15, 0.2) is 0 Å². The van der Waals surface area contributed by atoms with Crippen molar-refractivity contribution in [3.05, 3.63) is 29.1 Å². The van der Waals surface area contributed by atoms with Crippen molar-refractivity contribution in [2.24, 2.45) is 5.73 Å². The first-order valence-corrected chi connectivity index (χ1v) is 5.03. The summed E-state index contributed by atoms with van der Waals surface area (Å²) >= 11 is 0. The monoisotopic (exact) mass is 242 g/mol. The molecule has 0 saturated carbocycles. The van der Waals surface area contributed by atoms with E-state index in [4.69, 9.17) is 11.5 Å². The van der Waals surface area contributed by atoms with E-state index >= 15 is 0 Å². The number of halogens is 1. The maximum Gasteiger partial charge on any atom is 0.220 e. The summed E-state index contributed by atoms with van der Waals surface area (Å²) in [5.41, 5.74) is 11.1. The van der Waals surface area contributed by atoms with Crippen LogP contribution < -0.4 is 11.5 Å². The van der Waals surface area contributed by atoms with Gasteiger partial charge in [0, 0.05) is 11.3 Å². The highest BCUT2D eigenvalue weighted by Crippen LogP contribution is 2.25. The first-order chi connectivity index (χ1) is 7.82. The van der Waals surface area contributed by atoms with Crippen molar-refractivity contribution in [3.8, 4) is 0 Å². The molecule has 0 aliphatic carbocycles. The van der Waals surface area contributed by atoms with Crippen molar-refractivity contribution in [1.82, 2.24) is 0 Å². The molecule has 0 heterocycles. The summed E-state index contributed by atoms with van der Waals surface area (Å²) in [5, 5.41) is 19.2. The van der Waals surface area contributed by atoms with Gasteiger partial charge in [-0.15, -0.1) is 0 Å². The molecule has 5 nitrogen and oxygen atoms in total. The number of nitrogens with two attached hydrogens (primary N) is 2. The minimum absolute atomic E-state index is 0.106. The predicted molar refractivity (Wildman–Crippen MR) is 60.3 cm³/mol. The second kappa shape index (κ2) is 5.11. The lowest BCUT2D eigenvalue weighted by Gasteiger charge is -2.18. The summed E-state index contributed by atoms with van der Waals surface area (Å²) in [5.74, 6) is -1.51. The van der Waals surface area contributed by atoms with Crippen LogP contribution in [0.1, 0.15) is 23.7 Å². The van der Waals surface area contributed by atoms with E-state index in [0.29, 0.717) is 5.56 Å². The van der Waals surface area contributed by atoms with Gasteiger partial charge in [0.1, 0.15) is 11.9 Å². The summed E-state index contributed by atoms with van der Waals surface area (Å²) < 4.78 is 13.5. The molecule has 0 aliphatic heterocycles. The van der Waals surface area contributed by atoms with Crippen molar-refractivity contribution < 1.29 is 19.4 Å². The number of hydrogen-bond donors (Lipinski definition) is 4. The molecule has 0 saturated heterocycles. The Morgan fingerprint density at radius 3 is 2.59 bits per heavy atom. The molecular formula is C11H15FN2O3. The lowest BCUT2D eigenvalue weighted by Crippen LogP contribution is -2.26. The fraction of sp³-hybridized carbons (Fsp3) is 0.364. The molecule has 17 heavy (non-hydrogen) atoms. The van der Waals surface area contributed by atoms with Gasteiger partial charge in [-0.1, -0.05) is 0 Å². The molecule has 1 rings (SSSR count). The number of hydrogen-bond acceptors (Lipinski definition) is 4. The molecule has 0 aliphatic rings. The number of carbonyl (C=O) groups excluding carboxylic acids is 1. The molecule has 6 heteroatoms. The number of anilines is 1. The molecular weight excluding hydrogens is 227 g/mol. The molecule has 94 valence electrons. The molecule has 0 aromatic heterocycles. The number of rotatable bonds is 4. The minimum atomic E-state index is -1.51. The van der Waals surface area contributed by atoms with Gasteiger partial charge in [0.2, 0.25) is 5.91 Å². The van der Waals surface area contributed by atoms with E-state index < -0.39 is 30.4 Å². The number of nitrogen functional groups attached to an aromatic ring is 1. The topological polar surface area (TPSA) is 110 Å². The molecule has 6 N–H and O–H groups in total. The van der Waals surface area contributed by atoms with Crippen molar-refractivity contribution in [1.29, 1.82) is 0 Å². The molecule has 0 fully saturated rings. The van der Waals surface area contributed by atoms with Crippen molar-refractivity contribution >= 4 is 11.6 Å². The van der Waals surface area contributed by atoms with Crippen LogP contribution in [0.15, 0.2) is 12.1 Å². The fourth-order valence-electron chi connectivity index (χ4n) is 1.47. The van der Waals surface area contributed by atoms with Crippen LogP contribution in [0.3, 0.4) is 0 Å². The first-order valence-electron chi connectivity index (χ1n) is 5.03. The van der Waals surface area contributed by atoms with E-state index in [2.05, 4.69) is 0 Å². The Labute approximate surface area is 97.9 Å². The lowest BCUT2D eigenvalue weighted by atomic mass is 9.99. The molecule has 0 spiro atoms. The molecule has 2 unspecified atom stereocenters. The summed E-state index contributed by atoms with van der Waals surface area (Å²) in [4.78, 5) is 10.6. The van der Waals surface area contributed by atoms with Crippen LogP contribution in [-0.4, -0.2) is 22.2 Å². The van der Waals surface area contributed by atoms with E-state index in [1.54, 1.807) is 6.92 Å². The van der Waals surface area contributed by atoms with Gasteiger partial charge in [-0.2, -0.15) is 0 Å². The highest BCUT2D eigenvalue weighted by atomic mass is 19.1. The average Bonchev–Trinajstić information content (AvgIpc) is 2.21. The number of primary amides is 1. The largest absolute Gasteiger partial charge is 0.398 e. The quantitative estimate of drug-likeness (QED) is 0.556. The maximum absolute atomic E-state index is 13.5. The molecule has 1 aromatic rings. The van der Waals surface area contributed by atoms with Gasteiger partial charge in [-0.05, 0) is 24.6 Å². The fourth-order valence-corrected chi connectivity index (χ4v) is 1.47. The van der Waals surface area contributed by atoms with E-state index in [-0.39, 0.29) is 11.3 Å². The van der Waals surface area contributed by atoms with Crippen LogP contribution in [0.2, 0.25) is 0 Å². The molecule has 1 amide bonds. The summed E-state index contributed by atoms with van der Waals surface area (Å²) in [6.07, 6.45) is -3.39. The second-order valence-electron chi connectivity index (χ2n) is 3.91. The average molecular weight is 242 g/mol. The van der Waals surface area contributed by atoms with Gasteiger partial charge < -0.3 is 21.7 Å². The van der Waals surface area contributed by atoms with Crippen LogP contribution in [0.4, 0.5) is 10.1 Å². The van der Waals surface area contributed by atoms with Gasteiger partial charge >= 0.3 is 0 Å². The van der Waals surface area contributed by atoms with Gasteiger partial charge in [0.05, 0.1) is 12.5 Å². The number of carbonyl (C=O) groups is 1. The Hall–Kier alpha value is -1.66. The van der Waals surface area contributed by atoms with E-state index in [1.807, 2.05) is 0 Å². The standard InChI is InChI=1S/C11H15FN2O3/c1-5-2-6(7(12)3-8(5)13)11(17)9(15)4-10(14)16/h2-3,9,11,15,17H,4,13H2,1H3,(H2,14,16). The Kier molecular flexibility index (Phi) is 4.03. The molecule has 2 atom stereocenters. The Bertz CT molecular complexity index is 437. The van der Waals surface area contributed by atoms with Crippen LogP contribution >= 0.6 is 0 Å². The smallest absolute Gasteiger partial charge is 0.220 e. The Morgan fingerprint density at radius 1 is 1.47 bits per heavy atom. The zero-order valence-corrected chi connectivity index (χ0v) is 9.35. The van der Waals surface area contributed by atoms with Gasteiger partial charge in [-0.25, -0.2) is 4.39 Å². The predicted octanol–water partition coefficient (Wildman–Crippen LogP) is -0.0140. The lowest BCUT2D eigenvalue weighted by molar-refractivity contribution is -0.121. The number of amides is 1. The third-order valence-electron chi connectivity index (χ3n) is 2.48. The second-order valence-corrected chi connectivity index (χ2v) is 3.91. The van der Waals surface area contributed by atoms with Crippen LogP contribution in [0.25, 0.3) is 0 Å². The zero-order chi connectivity index (χ0) is 13.2. The van der Waals surface area contributed by atoms with Crippen molar-refractivity contribution in [3.63, 3.8) is 0 Å². The SMILES string of the molecule is Cc1cc(C(O)C(O)CC(N)=O)c(F)cc1N.